The third-order valence-electron chi connectivity index (χ3n) is 2.79. The van der Waals surface area contributed by atoms with Crippen molar-refractivity contribution in [2.45, 2.75) is 16.3 Å². The zero-order valence-electron chi connectivity index (χ0n) is 11.4. The van der Waals surface area contributed by atoms with E-state index in [0.29, 0.717) is 0 Å². The lowest BCUT2D eigenvalue weighted by atomic mass is 10.2. The molecule has 2 aromatic carbocycles. The van der Waals surface area contributed by atoms with E-state index in [0.717, 1.165) is 24.2 Å². The quantitative estimate of drug-likeness (QED) is 0.749. The van der Waals surface area contributed by atoms with Crippen LogP contribution in [0, 0.1) is 0 Å². The van der Waals surface area contributed by atoms with Gasteiger partial charge in [-0.25, -0.2) is 0 Å². The van der Waals surface area contributed by atoms with E-state index >= 15 is 0 Å². The highest BCUT2D eigenvalue weighted by atomic mass is 79.9. The summed E-state index contributed by atoms with van der Waals surface area (Å²) in [6.07, 6.45) is 0. The summed E-state index contributed by atoms with van der Waals surface area (Å²) in [4.78, 5) is 2.54. The molecule has 0 atom stereocenters. The van der Waals surface area contributed by atoms with E-state index < -0.39 is 0 Å². The topological polar surface area (TPSA) is 21.3 Å². The summed E-state index contributed by atoms with van der Waals surface area (Å²) in [5.41, 5.74) is 1.30. The van der Waals surface area contributed by atoms with Crippen LogP contribution in [0.4, 0.5) is 0 Å². The van der Waals surface area contributed by atoms with Crippen LogP contribution < -0.4 is 5.32 Å². The standard InChI is InChI=1S/C16H18BrNOS/c1-19-10-9-18-12-13-11-14(17)7-8-16(13)20-15-5-3-2-4-6-15/h2-8,11,18H,9-10,12H2,1H3. The van der Waals surface area contributed by atoms with Gasteiger partial charge in [0, 0.05) is 34.5 Å². The average Bonchev–Trinajstić information content (AvgIpc) is 2.47. The molecule has 0 aliphatic rings. The number of halogens is 1. The fourth-order valence-corrected chi connectivity index (χ4v) is 3.15. The molecule has 0 aromatic heterocycles. The molecule has 2 aromatic rings. The van der Waals surface area contributed by atoms with Crippen LogP contribution in [-0.4, -0.2) is 20.3 Å². The van der Waals surface area contributed by atoms with Gasteiger partial charge in [-0.1, -0.05) is 45.9 Å². The van der Waals surface area contributed by atoms with Crippen LogP contribution >= 0.6 is 27.7 Å². The van der Waals surface area contributed by atoms with Crippen LogP contribution in [0.2, 0.25) is 0 Å². The fraction of sp³-hybridized carbons (Fsp3) is 0.250. The summed E-state index contributed by atoms with van der Waals surface area (Å²) >= 11 is 5.34. The number of hydrogen-bond acceptors (Lipinski definition) is 3. The van der Waals surface area contributed by atoms with Gasteiger partial charge in [-0.2, -0.15) is 0 Å². The highest BCUT2D eigenvalue weighted by Crippen LogP contribution is 2.31. The molecule has 0 amide bonds. The van der Waals surface area contributed by atoms with Crippen molar-refractivity contribution in [2.75, 3.05) is 20.3 Å². The van der Waals surface area contributed by atoms with Gasteiger partial charge < -0.3 is 10.1 Å². The number of benzene rings is 2. The molecule has 0 fully saturated rings. The normalized spacial score (nSPS) is 10.7. The molecule has 1 N–H and O–H groups in total. The molecule has 0 saturated carbocycles. The lowest BCUT2D eigenvalue weighted by Gasteiger charge is -2.11. The molecule has 2 rings (SSSR count). The van der Waals surface area contributed by atoms with Crippen molar-refractivity contribution in [1.29, 1.82) is 0 Å². The highest BCUT2D eigenvalue weighted by Gasteiger charge is 2.05. The number of nitrogens with one attached hydrogen (secondary N) is 1. The summed E-state index contributed by atoms with van der Waals surface area (Å²) in [7, 11) is 1.72. The maximum absolute atomic E-state index is 5.05. The Morgan fingerprint density at radius 3 is 2.70 bits per heavy atom. The Labute approximate surface area is 133 Å². The Morgan fingerprint density at radius 1 is 1.15 bits per heavy atom. The van der Waals surface area contributed by atoms with Crippen molar-refractivity contribution >= 4 is 27.7 Å². The maximum Gasteiger partial charge on any atom is 0.0587 e. The second kappa shape index (κ2) is 8.47. The third kappa shape index (κ3) is 4.94. The van der Waals surface area contributed by atoms with Gasteiger partial charge in [-0.3, -0.25) is 0 Å². The van der Waals surface area contributed by atoms with E-state index in [9.17, 15) is 0 Å². The lowest BCUT2D eigenvalue weighted by molar-refractivity contribution is 0.199. The Morgan fingerprint density at radius 2 is 1.95 bits per heavy atom. The Kier molecular flexibility index (Phi) is 6.60. The minimum absolute atomic E-state index is 0.731. The van der Waals surface area contributed by atoms with Crippen LogP contribution in [0.5, 0.6) is 0 Å². The summed E-state index contributed by atoms with van der Waals surface area (Å²) in [5, 5.41) is 3.40. The summed E-state index contributed by atoms with van der Waals surface area (Å²) in [6.45, 7) is 2.44. The molecule has 0 unspecified atom stereocenters. The second-order valence-electron chi connectivity index (χ2n) is 4.34. The molecule has 106 valence electrons. The highest BCUT2D eigenvalue weighted by molar-refractivity contribution is 9.10. The third-order valence-corrected chi connectivity index (χ3v) is 4.41. The molecule has 0 bridgehead atoms. The van der Waals surface area contributed by atoms with Crippen molar-refractivity contribution in [1.82, 2.24) is 5.32 Å². The first kappa shape index (κ1) is 15.6. The van der Waals surface area contributed by atoms with E-state index in [1.54, 1.807) is 18.9 Å². The first-order valence-electron chi connectivity index (χ1n) is 6.50. The Hall–Kier alpha value is -0.810. The van der Waals surface area contributed by atoms with Gasteiger partial charge in [0.15, 0.2) is 0 Å². The molecule has 0 saturated heterocycles. The summed E-state index contributed by atoms with van der Waals surface area (Å²) in [5.74, 6) is 0. The zero-order chi connectivity index (χ0) is 14.2. The summed E-state index contributed by atoms with van der Waals surface area (Å²) in [6, 6.07) is 16.9. The van der Waals surface area contributed by atoms with Crippen molar-refractivity contribution in [3.8, 4) is 0 Å². The largest absolute Gasteiger partial charge is 0.383 e. The maximum atomic E-state index is 5.05. The van der Waals surface area contributed by atoms with Gasteiger partial charge in [-0.05, 0) is 35.9 Å². The SMILES string of the molecule is COCCNCc1cc(Br)ccc1Sc1ccccc1. The minimum atomic E-state index is 0.731. The van der Waals surface area contributed by atoms with Gasteiger partial charge in [0.25, 0.3) is 0 Å². The minimum Gasteiger partial charge on any atom is -0.383 e. The lowest BCUT2D eigenvalue weighted by Crippen LogP contribution is -2.18. The van der Waals surface area contributed by atoms with Gasteiger partial charge >= 0.3 is 0 Å². The number of hydrogen-bond donors (Lipinski definition) is 1. The molecular weight excluding hydrogens is 334 g/mol. The zero-order valence-corrected chi connectivity index (χ0v) is 13.8. The van der Waals surface area contributed by atoms with E-state index in [-0.39, 0.29) is 0 Å². The first-order valence-corrected chi connectivity index (χ1v) is 8.11. The van der Waals surface area contributed by atoms with E-state index in [4.69, 9.17) is 4.74 Å². The predicted octanol–water partition coefficient (Wildman–Crippen LogP) is 4.34. The number of ether oxygens (including phenoxy) is 1. The Balaban J connectivity index is 2.07. The molecule has 2 nitrogen and oxygen atoms in total. The molecule has 0 radical (unpaired) electrons. The second-order valence-corrected chi connectivity index (χ2v) is 6.37. The van der Waals surface area contributed by atoms with Crippen molar-refractivity contribution in [3.05, 3.63) is 58.6 Å². The van der Waals surface area contributed by atoms with Gasteiger partial charge in [0.05, 0.1) is 6.61 Å². The van der Waals surface area contributed by atoms with Crippen molar-refractivity contribution < 1.29 is 4.74 Å². The van der Waals surface area contributed by atoms with Crippen LogP contribution in [0.15, 0.2) is 62.8 Å². The smallest absolute Gasteiger partial charge is 0.0587 e. The Bertz CT molecular complexity index is 533. The predicted molar refractivity (Wildman–Crippen MR) is 88.3 cm³/mol. The van der Waals surface area contributed by atoms with Crippen LogP contribution in [0.25, 0.3) is 0 Å². The first-order chi connectivity index (χ1) is 9.79. The van der Waals surface area contributed by atoms with Gasteiger partial charge in [0.1, 0.15) is 0 Å². The molecule has 20 heavy (non-hydrogen) atoms. The van der Waals surface area contributed by atoms with Crippen LogP contribution in [0.3, 0.4) is 0 Å². The molecule has 0 aliphatic carbocycles. The van der Waals surface area contributed by atoms with Crippen LogP contribution in [-0.2, 0) is 11.3 Å². The summed E-state index contributed by atoms with van der Waals surface area (Å²) < 4.78 is 6.16. The van der Waals surface area contributed by atoms with Gasteiger partial charge in [-0.15, -0.1) is 0 Å². The van der Waals surface area contributed by atoms with E-state index in [2.05, 4.69) is 63.7 Å². The van der Waals surface area contributed by atoms with E-state index in [1.807, 2.05) is 6.07 Å². The van der Waals surface area contributed by atoms with Crippen LogP contribution in [0.1, 0.15) is 5.56 Å². The molecule has 0 aliphatic heterocycles. The van der Waals surface area contributed by atoms with Gasteiger partial charge in [0.2, 0.25) is 0 Å². The monoisotopic (exact) mass is 351 g/mol. The molecule has 4 heteroatoms. The van der Waals surface area contributed by atoms with Crippen molar-refractivity contribution in [3.63, 3.8) is 0 Å². The van der Waals surface area contributed by atoms with E-state index in [1.165, 1.54) is 15.4 Å². The number of rotatable bonds is 7. The van der Waals surface area contributed by atoms with Crippen molar-refractivity contribution in [2.24, 2.45) is 0 Å². The number of methoxy groups -OCH3 is 1. The average molecular weight is 352 g/mol. The fourth-order valence-electron chi connectivity index (χ4n) is 1.80. The molecular formula is C16H18BrNOS. The molecule has 0 heterocycles. The molecule has 0 spiro atoms.